The van der Waals surface area contributed by atoms with Gasteiger partial charge in [0.25, 0.3) is 0 Å². The normalized spacial score (nSPS) is 15.9. The van der Waals surface area contributed by atoms with E-state index in [-0.39, 0.29) is 6.10 Å². The maximum absolute atomic E-state index is 10.6. The van der Waals surface area contributed by atoms with Crippen molar-refractivity contribution in [3.8, 4) is 16.9 Å². The first-order valence-electron chi connectivity index (χ1n) is 5.90. The van der Waals surface area contributed by atoms with Crippen molar-refractivity contribution in [2.75, 3.05) is 5.32 Å². The molecule has 1 aliphatic rings. The summed E-state index contributed by atoms with van der Waals surface area (Å²) in [4.78, 5) is 14.7. The summed E-state index contributed by atoms with van der Waals surface area (Å²) in [6, 6.07) is 7.21. The van der Waals surface area contributed by atoms with Gasteiger partial charge >= 0.3 is 6.09 Å². The topological polar surface area (TPSA) is 71.5 Å². The number of nitrogens with zero attached hydrogens (tertiary/aromatic N) is 1. The third-order valence-electron chi connectivity index (χ3n) is 3.12. The molecule has 0 spiro atoms. The minimum Gasteiger partial charge on any atom is -0.485 e. The van der Waals surface area contributed by atoms with Crippen molar-refractivity contribution in [1.82, 2.24) is 4.98 Å². The van der Waals surface area contributed by atoms with Gasteiger partial charge in [-0.05, 0) is 30.7 Å². The van der Waals surface area contributed by atoms with E-state index in [2.05, 4.69) is 10.3 Å². The van der Waals surface area contributed by atoms with Crippen molar-refractivity contribution in [3.63, 3.8) is 0 Å². The summed E-state index contributed by atoms with van der Waals surface area (Å²) in [5.74, 6) is 0.678. The number of nitrogens with one attached hydrogen (secondary N) is 1. The largest absolute Gasteiger partial charge is 0.485 e. The van der Waals surface area contributed by atoms with E-state index in [1.807, 2.05) is 19.1 Å². The number of rotatable bonds is 1. The first kappa shape index (κ1) is 11.5. The van der Waals surface area contributed by atoms with Gasteiger partial charge in [0.2, 0.25) is 0 Å². The number of hydrogen-bond acceptors (Lipinski definition) is 3. The van der Waals surface area contributed by atoms with Crippen molar-refractivity contribution < 1.29 is 14.6 Å². The van der Waals surface area contributed by atoms with Crippen molar-refractivity contribution in [1.29, 1.82) is 0 Å². The fourth-order valence-electron chi connectivity index (χ4n) is 2.27. The molecule has 0 radical (unpaired) electrons. The van der Waals surface area contributed by atoms with Crippen molar-refractivity contribution in [2.45, 2.75) is 13.0 Å². The van der Waals surface area contributed by atoms with Crippen LogP contribution in [0.3, 0.4) is 0 Å². The second kappa shape index (κ2) is 4.28. The lowest BCUT2D eigenvalue weighted by Gasteiger charge is -2.26. The van der Waals surface area contributed by atoms with Gasteiger partial charge in [-0.1, -0.05) is 0 Å². The van der Waals surface area contributed by atoms with E-state index in [1.165, 1.54) is 0 Å². The fourth-order valence-corrected chi connectivity index (χ4v) is 2.27. The number of ether oxygens (including phenoxy) is 1. The van der Waals surface area contributed by atoms with Gasteiger partial charge in [-0.2, -0.15) is 0 Å². The number of amides is 1. The Bertz CT molecular complexity index is 655. The zero-order valence-corrected chi connectivity index (χ0v) is 10.3. The summed E-state index contributed by atoms with van der Waals surface area (Å²) in [5.41, 5.74) is 3.56. The fraction of sp³-hybridized carbons (Fsp3) is 0.143. The Morgan fingerprint density at radius 3 is 3.00 bits per heavy atom. The van der Waals surface area contributed by atoms with Crippen LogP contribution in [-0.2, 0) is 0 Å². The molecule has 5 heteroatoms. The molecule has 1 unspecified atom stereocenters. The lowest BCUT2D eigenvalue weighted by Crippen LogP contribution is -2.12. The Morgan fingerprint density at radius 2 is 2.21 bits per heavy atom. The number of hydrogen-bond donors (Lipinski definition) is 2. The summed E-state index contributed by atoms with van der Waals surface area (Å²) in [6.45, 7) is 1.95. The van der Waals surface area contributed by atoms with Crippen LogP contribution in [0.5, 0.6) is 5.75 Å². The van der Waals surface area contributed by atoms with E-state index >= 15 is 0 Å². The Morgan fingerprint density at radius 1 is 1.37 bits per heavy atom. The lowest BCUT2D eigenvalue weighted by molar-refractivity contribution is 0.209. The first-order valence-corrected chi connectivity index (χ1v) is 5.90. The average molecular weight is 256 g/mol. The molecule has 96 valence electrons. The summed E-state index contributed by atoms with van der Waals surface area (Å²) >= 11 is 0. The van der Waals surface area contributed by atoms with Crippen molar-refractivity contribution in [2.24, 2.45) is 0 Å². The summed E-state index contributed by atoms with van der Waals surface area (Å²) in [6.07, 6.45) is 2.35. The molecule has 0 fully saturated rings. The molecule has 2 aromatic rings. The highest BCUT2D eigenvalue weighted by molar-refractivity contribution is 5.85. The van der Waals surface area contributed by atoms with Gasteiger partial charge in [0.15, 0.2) is 0 Å². The second-order valence-electron chi connectivity index (χ2n) is 4.36. The van der Waals surface area contributed by atoms with Crippen LogP contribution in [0.15, 0.2) is 36.7 Å². The Kier molecular flexibility index (Phi) is 2.59. The maximum Gasteiger partial charge on any atom is 0.409 e. The van der Waals surface area contributed by atoms with E-state index < -0.39 is 6.09 Å². The number of anilines is 1. The number of carboxylic acid groups (broad SMARTS) is 1. The summed E-state index contributed by atoms with van der Waals surface area (Å²) in [5, 5.41) is 11.0. The molecule has 1 aliphatic heterocycles. The molecule has 0 aliphatic carbocycles. The third-order valence-corrected chi connectivity index (χ3v) is 3.12. The Balaban J connectivity index is 2.09. The second-order valence-corrected chi connectivity index (χ2v) is 4.36. The van der Waals surface area contributed by atoms with Gasteiger partial charge in [0.1, 0.15) is 11.9 Å². The third kappa shape index (κ3) is 1.99. The van der Waals surface area contributed by atoms with Gasteiger partial charge in [-0.25, -0.2) is 4.79 Å². The van der Waals surface area contributed by atoms with Crippen LogP contribution >= 0.6 is 0 Å². The molecule has 1 aromatic carbocycles. The van der Waals surface area contributed by atoms with E-state index in [0.717, 1.165) is 16.7 Å². The zero-order valence-electron chi connectivity index (χ0n) is 10.3. The molecular weight excluding hydrogens is 244 g/mol. The Hall–Kier alpha value is -2.56. The van der Waals surface area contributed by atoms with E-state index in [4.69, 9.17) is 9.84 Å². The van der Waals surface area contributed by atoms with Crippen molar-refractivity contribution in [3.05, 3.63) is 42.2 Å². The molecule has 0 saturated carbocycles. The SMILES string of the molecule is CC1Oc2cc(NC(=O)O)ccc2-c2ccncc21. The molecule has 2 N–H and O–H groups in total. The van der Waals surface area contributed by atoms with Crippen LogP contribution in [-0.4, -0.2) is 16.2 Å². The Labute approximate surface area is 109 Å². The highest BCUT2D eigenvalue weighted by Gasteiger charge is 2.23. The van der Waals surface area contributed by atoms with Crippen LogP contribution in [0.4, 0.5) is 10.5 Å². The van der Waals surface area contributed by atoms with Gasteiger partial charge in [0.05, 0.1) is 0 Å². The molecule has 1 amide bonds. The number of aromatic nitrogens is 1. The van der Waals surface area contributed by atoms with Crippen LogP contribution in [0.1, 0.15) is 18.6 Å². The molecule has 19 heavy (non-hydrogen) atoms. The van der Waals surface area contributed by atoms with Gasteiger partial charge in [0, 0.05) is 35.3 Å². The molecule has 3 rings (SSSR count). The van der Waals surface area contributed by atoms with Gasteiger partial charge in [-0.15, -0.1) is 0 Å². The highest BCUT2D eigenvalue weighted by atomic mass is 16.5. The van der Waals surface area contributed by atoms with Crippen LogP contribution < -0.4 is 10.1 Å². The number of fused-ring (bicyclic) bond motifs is 3. The minimum absolute atomic E-state index is 0.101. The molecule has 0 bridgehead atoms. The van der Waals surface area contributed by atoms with Gasteiger partial charge < -0.3 is 9.84 Å². The standard InChI is InChI=1S/C14H12N2O3/c1-8-12-7-15-5-4-10(12)11-3-2-9(16-14(17)18)6-13(11)19-8/h2-8,16H,1H3,(H,17,18). The highest BCUT2D eigenvalue weighted by Crippen LogP contribution is 2.42. The monoisotopic (exact) mass is 256 g/mol. The maximum atomic E-state index is 10.6. The van der Waals surface area contributed by atoms with Crippen LogP contribution in [0, 0.1) is 0 Å². The predicted molar refractivity (Wildman–Crippen MR) is 70.4 cm³/mol. The zero-order chi connectivity index (χ0) is 13.4. The van der Waals surface area contributed by atoms with E-state index in [0.29, 0.717) is 11.4 Å². The summed E-state index contributed by atoms with van der Waals surface area (Å²) < 4.78 is 5.81. The van der Waals surface area contributed by atoms with Crippen molar-refractivity contribution >= 4 is 11.8 Å². The predicted octanol–water partition coefficient (Wildman–Crippen LogP) is 3.29. The van der Waals surface area contributed by atoms with E-state index in [9.17, 15) is 4.79 Å². The average Bonchev–Trinajstić information content (AvgIpc) is 2.38. The van der Waals surface area contributed by atoms with E-state index in [1.54, 1.807) is 24.5 Å². The van der Waals surface area contributed by atoms with Gasteiger partial charge in [-0.3, -0.25) is 10.3 Å². The molecule has 0 saturated heterocycles. The van der Waals surface area contributed by atoms with Crippen LogP contribution in [0.25, 0.3) is 11.1 Å². The molecule has 2 heterocycles. The van der Waals surface area contributed by atoms with Crippen LogP contribution in [0.2, 0.25) is 0 Å². The number of carbonyl (C=O) groups is 1. The quantitative estimate of drug-likeness (QED) is 0.821. The summed E-state index contributed by atoms with van der Waals surface area (Å²) in [7, 11) is 0. The molecule has 5 nitrogen and oxygen atoms in total. The minimum atomic E-state index is -1.09. The lowest BCUT2D eigenvalue weighted by atomic mass is 9.95. The first-order chi connectivity index (χ1) is 9.15. The molecular formula is C14H12N2O3. The number of pyridine rings is 1. The molecule has 1 atom stereocenters. The smallest absolute Gasteiger partial charge is 0.409 e. The number of benzene rings is 1. The molecule has 1 aromatic heterocycles.